The number of nitrogens with zero attached hydrogens (tertiary/aromatic N) is 2. The Bertz CT molecular complexity index is 1050. The van der Waals surface area contributed by atoms with Gasteiger partial charge in [-0.1, -0.05) is 59.1 Å². The number of halogens is 3. The van der Waals surface area contributed by atoms with Gasteiger partial charge < -0.3 is 5.11 Å². The molecule has 0 amide bonds. The lowest BCUT2D eigenvalue weighted by Crippen LogP contribution is -2.45. The molecule has 2 atom stereocenters. The molecule has 2 unspecified atom stereocenters. The summed E-state index contributed by atoms with van der Waals surface area (Å²) in [6, 6.07) is 11.4. The van der Waals surface area contributed by atoms with E-state index in [1.54, 1.807) is 23.9 Å². The van der Waals surface area contributed by atoms with Gasteiger partial charge in [0.05, 0.1) is 12.6 Å². The quantitative estimate of drug-likeness (QED) is 0.444. The van der Waals surface area contributed by atoms with Crippen molar-refractivity contribution in [3.05, 3.63) is 79.4 Å². The molecule has 0 saturated heterocycles. The van der Waals surface area contributed by atoms with Crippen LogP contribution in [0, 0.1) is 6.92 Å². The van der Waals surface area contributed by atoms with Crippen LogP contribution >= 0.6 is 46.6 Å². The molecule has 1 aromatic heterocycles. The molecular weight excluding hydrogens is 461 g/mol. The van der Waals surface area contributed by atoms with Gasteiger partial charge in [-0.3, -0.25) is 10.00 Å². The average Bonchev–Trinajstić information content (AvgIpc) is 3.09. The van der Waals surface area contributed by atoms with Gasteiger partial charge in [0.15, 0.2) is 0 Å². The molecule has 3 aromatic rings. The maximum atomic E-state index is 10.3. The zero-order valence-electron chi connectivity index (χ0n) is 16.6. The third-order valence-corrected chi connectivity index (χ3v) is 7.22. The van der Waals surface area contributed by atoms with Crippen LogP contribution in [-0.2, 0) is 13.0 Å². The summed E-state index contributed by atoms with van der Waals surface area (Å²) < 4.78 is 0. The second kappa shape index (κ2) is 9.11. The number of fused-ring (bicyclic) bond motifs is 1. The van der Waals surface area contributed by atoms with E-state index in [0.717, 1.165) is 28.3 Å². The monoisotopic (exact) mass is 481 g/mol. The predicted octanol–water partition coefficient (Wildman–Crippen LogP) is 5.91. The molecule has 0 saturated carbocycles. The number of aliphatic hydroxyl groups excluding tert-OH is 1. The minimum atomic E-state index is -0.283. The lowest BCUT2D eigenvalue weighted by atomic mass is 9.89. The first-order valence-electron chi connectivity index (χ1n) is 9.61. The maximum absolute atomic E-state index is 10.3. The van der Waals surface area contributed by atoms with Crippen LogP contribution in [0.3, 0.4) is 0 Å². The highest BCUT2D eigenvalue weighted by Gasteiger charge is 2.37. The summed E-state index contributed by atoms with van der Waals surface area (Å²) in [7, 11) is 0. The molecule has 0 aliphatic carbocycles. The van der Waals surface area contributed by atoms with Crippen LogP contribution in [0.2, 0.25) is 15.1 Å². The van der Waals surface area contributed by atoms with E-state index >= 15 is 0 Å². The second-order valence-electron chi connectivity index (χ2n) is 7.44. The van der Waals surface area contributed by atoms with E-state index in [1.807, 2.05) is 25.3 Å². The molecule has 2 heterocycles. The molecule has 30 heavy (non-hydrogen) atoms. The first-order valence-corrected chi connectivity index (χ1v) is 12.0. The van der Waals surface area contributed by atoms with Crippen molar-refractivity contribution in [1.29, 1.82) is 0 Å². The molecule has 8 heteroatoms. The topological polar surface area (TPSA) is 52.2 Å². The Hall–Kier alpha value is -1.21. The number of thioether (sulfide) groups is 1. The van der Waals surface area contributed by atoms with Crippen molar-refractivity contribution in [2.45, 2.75) is 37.0 Å². The maximum Gasteiger partial charge on any atom is 0.123 e. The van der Waals surface area contributed by atoms with Crippen molar-refractivity contribution in [3.8, 4) is 0 Å². The normalized spacial score (nSPS) is 17.7. The molecule has 0 bridgehead atoms. The number of aryl methyl sites for hydroxylation is 1. The van der Waals surface area contributed by atoms with Crippen molar-refractivity contribution in [3.63, 3.8) is 0 Å². The molecule has 0 spiro atoms. The minimum absolute atomic E-state index is 0.0269. The summed E-state index contributed by atoms with van der Waals surface area (Å²) in [5.41, 5.74) is 5.24. The van der Waals surface area contributed by atoms with Crippen molar-refractivity contribution in [1.82, 2.24) is 15.1 Å². The van der Waals surface area contributed by atoms with E-state index in [0.29, 0.717) is 21.6 Å². The van der Waals surface area contributed by atoms with E-state index in [4.69, 9.17) is 34.8 Å². The van der Waals surface area contributed by atoms with Gasteiger partial charge in [0, 0.05) is 44.5 Å². The minimum Gasteiger partial charge on any atom is -0.395 e. The largest absolute Gasteiger partial charge is 0.395 e. The fourth-order valence-corrected chi connectivity index (χ4v) is 5.91. The van der Waals surface area contributed by atoms with Crippen LogP contribution in [0.15, 0.2) is 41.4 Å². The highest BCUT2D eigenvalue weighted by atomic mass is 35.5. The van der Waals surface area contributed by atoms with E-state index in [2.05, 4.69) is 27.2 Å². The standard InChI is InChI=1S/C22H22Cl3N3OS/c1-12-19(22(30-2)27-26-12)21(20-17(24)8-15(23)9-18(20)25)28-10-14-6-4-3-5-13(14)7-16(28)11-29/h3-6,8-9,16,21,29H,7,10-11H2,1-2H3,(H,26,27). The molecule has 4 rings (SSSR count). The van der Waals surface area contributed by atoms with Crippen LogP contribution < -0.4 is 0 Å². The molecule has 2 N–H and O–H groups in total. The van der Waals surface area contributed by atoms with Crippen molar-refractivity contribution >= 4 is 46.6 Å². The Kier molecular flexibility index (Phi) is 6.68. The van der Waals surface area contributed by atoms with Crippen LogP contribution in [0.1, 0.15) is 34.0 Å². The molecule has 0 fully saturated rings. The van der Waals surface area contributed by atoms with E-state index < -0.39 is 0 Å². The fraction of sp³-hybridized carbons (Fsp3) is 0.318. The zero-order chi connectivity index (χ0) is 21.4. The lowest BCUT2D eigenvalue weighted by molar-refractivity contribution is 0.0788. The third kappa shape index (κ3) is 3.99. The van der Waals surface area contributed by atoms with Gasteiger partial charge in [-0.15, -0.1) is 11.8 Å². The summed E-state index contributed by atoms with van der Waals surface area (Å²) in [4.78, 5) is 2.28. The molecule has 158 valence electrons. The zero-order valence-corrected chi connectivity index (χ0v) is 19.7. The number of hydrogen-bond donors (Lipinski definition) is 2. The van der Waals surface area contributed by atoms with Gasteiger partial charge in [0.1, 0.15) is 5.03 Å². The van der Waals surface area contributed by atoms with Gasteiger partial charge in [-0.25, -0.2) is 0 Å². The fourth-order valence-electron chi connectivity index (χ4n) is 4.26. The number of aromatic nitrogens is 2. The smallest absolute Gasteiger partial charge is 0.123 e. The third-order valence-electron chi connectivity index (χ3n) is 5.68. The SMILES string of the molecule is CSc1n[nH]c(C)c1C(c1c(Cl)cc(Cl)cc1Cl)N1Cc2ccccc2CC1CO. The first kappa shape index (κ1) is 22.0. The Morgan fingerprint density at radius 1 is 1.17 bits per heavy atom. The van der Waals surface area contributed by atoms with Gasteiger partial charge in [-0.05, 0) is 42.9 Å². The van der Waals surface area contributed by atoms with E-state index in [-0.39, 0.29) is 18.7 Å². The van der Waals surface area contributed by atoms with Crippen molar-refractivity contribution in [2.75, 3.05) is 12.9 Å². The molecule has 1 aliphatic heterocycles. The number of aromatic amines is 1. The second-order valence-corrected chi connectivity index (χ2v) is 9.48. The highest BCUT2D eigenvalue weighted by molar-refractivity contribution is 7.98. The molecule has 0 radical (unpaired) electrons. The summed E-state index contributed by atoms with van der Waals surface area (Å²) >= 11 is 21.2. The Morgan fingerprint density at radius 2 is 1.83 bits per heavy atom. The Balaban J connectivity index is 1.93. The average molecular weight is 483 g/mol. The van der Waals surface area contributed by atoms with Crippen molar-refractivity contribution < 1.29 is 5.11 Å². The molecule has 1 aliphatic rings. The summed E-state index contributed by atoms with van der Waals surface area (Å²) in [6.07, 6.45) is 2.74. The van der Waals surface area contributed by atoms with Crippen LogP contribution in [-0.4, -0.2) is 39.1 Å². The number of H-pyrrole nitrogens is 1. The number of rotatable bonds is 5. The Morgan fingerprint density at radius 3 is 2.47 bits per heavy atom. The number of benzene rings is 2. The van der Waals surface area contributed by atoms with Gasteiger partial charge in [0.2, 0.25) is 0 Å². The van der Waals surface area contributed by atoms with Crippen molar-refractivity contribution in [2.24, 2.45) is 0 Å². The number of nitrogens with one attached hydrogen (secondary N) is 1. The van der Waals surface area contributed by atoms with E-state index in [1.165, 1.54) is 11.1 Å². The van der Waals surface area contributed by atoms with Gasteiger partial charge in [0.25, 0.3) is 0 Å². The van der Waals surface area contributed by atoms with E-state index in [9.17, 15) is 5.11 Å². The first-order chi connectivity index (χ1) is 14.4. The molecule has 2 aromatic carbocycles. The van der Waals surface area contributed by atoms with Crippen LogP contribution in [0.4, 0.5) is 0 Å². The summed E-state index contributed by atoms with van der Waals surface area (Å²) in [5, 5.41) is 20.3. The number of hydrogen-bond acceptors (Lipinski definition) is 4. The highest BCUT2D eigenvalue weighted by Crippen LogP contribution is 2.45. The molecular formula is C22H22Cl3N3OS. The van der Waals surface area contributed by atoms with Crippen LogP contribution in [0.25, 0.3) is 0 Å². The van der Waals surface area contributed by atoms with Crippen LogP contribution in [0.5, 0.6) is 0 Å². The summed E-state index contributed by atoms with van der Waals surface area (Å²) in [6.45, 7) is 2.69. The predicted molar refractivity (Wildman–Crippen MR) is 125 cm³/mol. The van der Waals surface area contributed by atoms with Gasteiger partial charge >= 0.3 is 0 Å². The van der Waals surface area contributed by atoms with Gasteiger partial charge in [-0.2, -0.15) is 5.10 Å². The Labute approximate surface area is 195 Å². The number of aliphatic hydroxyl groups is 1. The molecule has 4 nitrogen and oxygen atoms in total. The lowest BCUT2D eigenvalue weighted by Gasteiger charge is -2.42. The summed E-state index contributed by atoms with van der Waals surface area (Å²) in [5.74, 6) is 0.